The Balaban J connectivity index is 1.69. The molecule has 2 N–H and O–H groups in total. The standard InChI is InChI=1S/C19H23NO/c1-14(20-13-12-15-6-2-3-7-15)17-11-10-16-8-4-5-9-18(16)19(17)21/h4-6,8-11,14,20-21H,2-3,7,12-13H2,1H3. The van der Waals surface area contributed by atoms with Crippen molar-refractivity contribution < 1.29 is 5.11 Å². The van der Waals surface area contributed by atoms with Crippen LogP contribution in [0.5, 0.6) is 5.75 Å². The van der Waals surface area contributed by atoms with Gasteiger partial charge in [0.2, 0.25) is 0 Å². The molecule has 2 nitrogen and oxygen atoms in total. The van der Waals surface area contributed by atoms with Crippen LogP contribution in [0.2, 0.25) is 0 Å². The summed E-state index contributed by atoms with van der Waals surface area (Å²) in [6.45, 7) is 3.09. The van der Waals surface area contributed by atoms with E-state index < -0.39 is 0 Å². The van der Waals surface area contributed by atoms with Crippen LogP contribution in [0.25, 0.3) is 10.8 Å². The highest BCUT2D eigenvalue weighted by Crippen LogP contribution is 2.32. The van der Waals surface area contributed by atoms with Gasteiger partial charge in [0.25, 0.3) is 0 Å². The molecule has 3 rings (SSSR count). The summed E-state index contributed by atoms with van der Waals surface area (Å²) in [6, 6.07) is 12.3. The zero-order valence-electron chi connectivity index (χ0n) is 12.6. The van der Waals surface area contributed by atoms with Gasteiger partial charge in [-0.15, -0.1) is 0 Å². The van der Waals surface area contributed by atoms with Crippen molar-refractivity contribution in [2.75, 3.05) is 6.54 Å². The molecular weight excluding hydrogens is 258 g/mol. The summed E-state index contributed by atoms with van der Waals surface area (Å²) < 4.78 is 0. The van der Waals surface area contributed by atoms with Crippen molar-refractivity contribution in [3.63, 3.8) is 0 Å². The van der Waals surface area contributed by atoms with Gasteiger partial charge in [-0.05, 0) is 44.5 Å². The summed E-state index contributed by atoms with van der Waals surface area (Å²) in [7, 11) is 0. The second-order valence-corrected chi connectivity index (χ2v) is 5.90. The number of aromatic hydroxyl groups is 1. The van der Waals surface area contributed by atoms with E-state index in [0.29, 0.717) is 5.75 Å². The van der Waals surface area contributed by atoms with Crippen molar-refractivity contribution in [3.05, 3.63) is 53.6 Å². The Morgan fingerprint density at radius 1 is 1.19 bits per heavy atom. The van der Waals surface area contributed by atoms with Crippen molar-refractivity contribution >= 4 is 10.8 Å². The van der Waals surface area contributed by atoms with Crippen LogP contribution < -0.4 is 5.32 Å². The molecule has 0 bridgehead atoms. The van der Waals surface area contributed by atoms with Gasteiger partial charge in [-0.25, -0.2) is 0 Å². The first-order valence-corrected chi connectivity index (χ1v) is 7.87. The number of allylic oxidation sites excluding steroid dienone is 1. The van der Waals surface area contributed by atoms with Crippen LogP contribution in [0.1, 0.15) is 44.2 Å². The molecule has 0 fully saturated rings. The lowest BCUT2D eigenvalue weighted by Gasteiger charge is -2.17. The van der Waals surface area contributed by atoms with Crippen LogP contribution in [0, 0.1) is 0 Å². The third-order valence-electron chi connectivity index (χ3n) is 4.43. The van der Waals surface area contributed by atoms with Crippen molar-refractivity contribution in [1.82, 2.24) is 5.32 Å². The summed E-state index contributed by atoms with van der Waals surface area (Å²) in [5, 5.41) is 16.0. The van der Waals surface area contributed by atoms with Crippen LogP contribution in [0.15, 0.2) is 48.0 Å². The molecule has 1 aliphatic carbocycles. The number of phenolic OH excluding ortho intramolecular Hbond substituents is 1. The van der Waals surface area contributed by atoms with Gasteiger partial charge in [0.15, 0.2) is 0 Å². The van der Waals surface area contributed by atoms with E-state index in [1.807, 2.05) is 30.3 Å². The fourth-order valence-electron chi connectivity index (χ4n) is 3.15. The van der Waals surface area contributed by atoms with E-state index in [0.717, 1.165) is 29.3 Å². The van der Waals surface area contributed by atoms with E-state index in [1.165, 1.54) is 19.3 Å². The number of fused-ring (bicyclic) bond motifs is 1. The molecule has 110 valence electrons. The fourth-order valence-corrected chi connectivity index (χ4v) is 3.15. The van der Waals surface area contributed by atoms with Gasteiger partial charge in [0.05, 0.1) is 0 Å². The molecule has 0 spiro atoms. The van der Waals surface area contributed by atoms with E-state index in [1.54, 1.807) is 5.57 Å². The molecular formula is C19H23NO. The molecule has 1 aliphatic rings. The average Bonchev–Trinajstić information content (AvgIpc) is 3.01. The maximum absolute atomic E-state index is 10.5. The Hall–Kier alpha value is -1.80. The summed E-state index contributed by atoms with van der Waals surface area (Å²) in [6.07, 6.45) is 7.32. The molecule has 0 saturated carbocycles. The van der Waals surface area contributed by atoms with E-state index in [4.69, 9.17) is 0 Å². The number of benzene rings is 2. The lowest BCUT2D eigenvalue weighted by molar-refractivity contribution is 0.459. The molecule has 0 amide bonds. The Morgan fingerprint density at radius 3 is 2.86 bits per heavy atom. The van der Waals surface area contributed by atoms with E-state index in [-0.39, 0.29) is 6.04 Å². The lowest BCUT2D eigenvalue weighted by atomic mass is 10.0. The van der Waals surface area contributed by atoms with Crippen molar-refractivity contribution in [1.29, 1.82) is 0 Å². The van der Waals surface area contributed by atoms with Crippen LogP contribution in [-0.2, 0) is 0 Å². The third-order valence-corrected chi connectivity index (χ3v) is 4.43. The Labute approximate surface area is 126 Å². The molecule has 21 heavy (non-hydrogen) atoms. The first-order chi connectivity index (χ1) is 10.3. The highest BCUT2D eigenvalue weighted by atomic mass is 16.3. The number of rotatable bonds is 5. The summed E-state index contributed by atoms with van der Waals surface area (Å²) in [5.41, 5.74) is 2.56. The number of nitrogens with one attached hydrogen (secondary N) is 1. The topological polar surface area (TPSA) is 32.3 Å². The van der Waals surface area contributed by atoms with Gasteiger partial charge >= 0.3 is 0 Å². The highest BCUT2D eigenvalue weighted by Gasteiger charge is 2.13. The first-order valence-electron chi connectivity index (χ1n) is 7.87. The minimum atomic E-state index is 0.164. The van der Waals surface area contributed by atoms with Gasteiger partial charge in [-0.1, -0.05) is 48.0 Å². The highest BCUT2D eigenvalue weighted by molar-refractivity contribution is 5.89. The maximum Gasteiger partial charge on any atom is 0.128 e. The molecule has 1 unspecified atom stereocenters. The number of hydrogen-bond acceptors (Lipinski definition) is 2. The zero-order chi connectivity index (χ0) is 14.7. The van der Waals surface area contributed by atoms with E-state index in [2.05, 4.69) is 24.4 Å². The van der Waals surface area contributed by atoms with E-state index >= 15 is 0 Å². The van der Waals surface area contributed by atoms with Crippen molar-refractivity contribution in [2.24, 2.45) is 0 Å². The lowest BCUT2D eigenvalue weighted by Crippen LogP contribution is -2.20. The Bertz CT molecular complexity index is 660. The van der Waals surface area contributed by atoms with Gasteiger partial charge < -0.3 is 10.4 Å². The molecule has 2 aromatic rings. The minimum absolute atomic E-state index is 0.164. The molecule has 0 heterocycles. The summed E-state index contributed by atoms with van der Waals surface area (Å²) >= 11 is 0. The van der Waals surface area contributed by atoms with Crippen LogP contribution >= 0.6 is 0 Å². The smallest absolute Gasteiger partial charge is 0.128 e. The fraction of sp³-hybridized carbons (Fsp3) is 0.368. The van der Waals surface area contributed by atoms with Gasteiger partial charge in [0, 0.05) is 17.0 Å². The normalized spacial score (nSPS) is 16.1. The Morgan fingerprint density at radius 2 is 2.05 bits per heavy atom. The quantitative estimate of drug-likeness (QED) is 0.779. The first kappa shape index (κ1) is 14.2. The molecule has 2 aromatic carbocycles. The third kappa shape index (κ3) is 3.11. The summed E-state index contributed by atoms with van der Waals surface area (Å²) in [4.78, 5) is 0. The molecule has 0 radical (unpaired) electrons. The maximum atomic E-state index is 10.5. The van der Waals surface area contributed by atoms with Crippen molar-refractivity contribution in [3.8, 4) is 5.75 Å². The minimum Gasteiger partial charge on any atom is -0.507 e. The predicted molar refractivity (Wildman–Crippen MR) is 88.6 cm³/mol. The second kappa shape index (κ2) is 6.31. The van der Waals surface area contributed by atoms with Crippen LogP contribution in [0.3, 0.4) is 0 Å². The summed E-state index contributed by atoms with van der Waals surface area (Å²) in [5.74, 6) is 0.410. The van der Waals surface area contributed by atoms with Crippen LogP contribution in [-0.4, -0.2) is 11.7 Å². The molecule has 1 atom stereocenters. The molecule has 0 aliphatic heterocycles. The SMILES string of the molecule is CC(NCCC1=CCCC1)c1ccc2ccccc2c1O. The van der Waals surface area contributed by atoms with Gasteiger partial charge in [-0.2, -0.15) is 0 Å². The van der Waals surface area contributed by atoms with Gasteiger partial charge in [0.1, 0.15) is 5.75 Å². The van der Waals surface area contributed by atoms with E-state index in [9.17, 15) is 5.11 Å². The number of phenols is 1. The predicted octanol–water partition coefficient (Wildman–Crippen LogP) is 4.70. The molecule has 0 saturated heterocycles. The second-order valence-electron chi connectivity index (χ2n) is 5.90. The van der Waals surface area contributed by atoms with Crippen molar-refractivity contribution in [2.45, 2.75) is 38.6 Å². The van der Waals surface area contributed by atoms with Crippen LogP contribution in [0.4, 0.5) is 0 Å². The number of hydrogen-bond donors (Lipinski definition) is 2. The average molecular weight is 281 g/mol. The largest absolute Gasteiger partial charge is 0.507 e. The molecule has 2 heteroatoms. The monoisotopic (exact) mass is 281 g/mol. The zero-order valence-corrected chi connectivity index (χ0v) is 12.6. The molecule has 0 aromatic heterocycles. The Kier molecular flexibility index (Phi) is 4.26. The van der Waals surface area contributed by atoms with Gasteiger partial charge in [-0.3, -0.25) is 0 Å².